The zero-order valence-electron chi connectivity index (χ0n) is 15.8. The number of hydrogen-bond donors (Lipinski definition) is 1. The molecule has 7 heteroatoms. The summed E-state index contributed by atoms with van der Waals surface area (Å²) in [5.74, 6) is 0.764. The van der Waals surface area contributed by atoms with Gasteiger partial charge in [-0.05, 0) is 43.2 Å². The molecule has 2 heterocycles. The standard InChI is InChI=1S/C20H22N4O3/c1-12(2)19-22-20(27-23-19)15-6-8-18(26)24(10-15)11-17(25)21-16-7-5-13(3)14(4)9-16/h5-10,12H,11H2,1-4H3,(H,21,25). The summed E-state index contributed by atoms with van der Waals surface area (Å²) in [7, 11) is 0. The molecular formula is C20H22N4O3. The van der Waals surface area contributed by atoms with Crippen molar-refractivity contribution in [2.24, 2.45) is 0 Å². The fourth-order valence-corrected chi connectivity index (χ4v) is 2.54. The van der Waals surface area contributed by atoms with E-state index in [1.54, 1.807) is 12.3 Å². The third-order valence-corrected chi connectivity index (χ3v) is 4.29. The van der Waals surface area contributed by atoms with Crippen molar-refractivity contribution in [3.05, 3.63) is 63.8 Å². The van der Waals surface area contributed by atoms with Crippen LogP contribution in [0.1, 0.15) is 36.7 Å². The minimum Gasteiger partial charge on any atom is -0.334 e. The molecule has 0 bridgehead atoms. The first kappa shape index (κ1) is 18.6. The van der Waals surface area contributed by atoms with Crippen LogP contribution in [0, 0.1) is 13.8 Å². The largest absolute Gasteiger partial charge is 0.334 e. The van der Waals surface area contributed by atoms with Crippen LogP contribution in [0.2, 0.25) is 0 Å². The van der Waals surface area contributed by atoms with Gasteiger partial charge in [-0.1, -0.05) is 25.1 Å². The Morgan fingerprint density at radius 3 is 2.63 bits per heavy atom. The average molecular weight is 366 g/mol. The number of nitrogens with zero attached hydrogens (tertiary/aromatic N) is 3. The lowest BCUT2D eigenvalue weighted by atomic mass is 10.1. The maximum Gasteiger partial charge on any atom is 0.259 e. The Bertz CT molecular complexity index is 1030. The molecule has 1 aromatic carbocycles. The van der Waals surface area contributed by atoms with E-state index in [9.17, 15) is 9.59 Å². The molecule has 0 unspecified atom stereocenters. The van der Waals surface area contributed by atoms with E-state index in [1.807, 2.05) is 45.9 Å². The molecule has 1 N–H and O–H groups in total. The molecule has 27 heavy (non-hydrogen) atoms. The molecule has 3 aromatic rings. The highest BCUT2D eigenvalue weighted by molar-refractivity contribution is 5.90. The number of hydrogen-bond acceptors (Lipinski definition) is 5. The van der Waals surface area contributed by atoms with E-state index in [1.165, 1.54) is 10.6 Å². The fraction of sp³-hybridized carbons (Fsp3) is 0.300. The van der Waals surface area contributed by atoms with Crippen molar-refractivity contribution < 1.29 is 9.32 Å². The molecule has 140 valence electrons. The Morgan fingerprint density at radius 2 is 1.96 bits per heavy atom. The molecule has 0 saturated carbocycles. The molecular weight excluding hydrogens is 344 g/mol. The molecule has 0 atom stereocenters. The third kappa shape index (κ3) is 4.31. The first-order valence-electron chi connectivity index (χ1n) is 8.75. The number of amides is 1. The van der Waals surface area contributed by atoms with Crippen molar-refractivity contribution in [2.75, 3.05) is 5.32 Å². The molecule has 0 aliphatic carbocycles. The summed E-state index contributed by atoms with van der Waals surface area (Å²) in [6, 6.07) is 8.68. The number of aryl methyl sites for hydroxylation is 2. The van der Waals surface area contributed by atoms with Crippen molar-refractivity contribution in [2.45, 2.75) is 40.2 Å². The minimum absolute atomic E-state index is 0.106. The van der Waals surface area contributed by atoms with Gasteiger partial charge in [0, 0.05) is 23.9 Å². The number of rotatable bonds is 5. The number of anilines is 1. The average Bonchev–Trinajstić information content (AvgIpc) is 3.10. The van der Waals surface area contributed by atoms with E-state index in [-0.39, 0.29) is 23.9 Å². The summed E-state index contributed by atoms with van der Waals surface area (Å²) >= 11 is 0. The second-order valence-corrected chi connectivity index (χ2v) is 6.84. The van der Waals surface area contributed by atoms with Crippen LogP contribution in [0.4, 0.5) is 5.69 Å². The maximum atomic E-state index is 12.3. The quantitative estimate of drug-likeness (QED) is 0.748. The molecule has 0 radical (unpaired) electrons. The van der Waals surface area contributed by atoms with Gasteiger partial charge in [-0.15, -0.1) is 0 Å². The minimum atomic E-state index is -0.286. The lowest BCUT2D eigenvalue weighted by molar-refractivity contribution is -0.116. The zero-order valence-corrected chi connectivity index (χ0v) is 15.8. The van der Waals surface area contributed by atoms with E-state index in [0.717, 1.165) is 11.1 Å². The molecule has 0 aliphatic heterocycles. The lowest BCUT2D eigenvalue weighted by Gasteiger charge is -2.09. The van der Waals surface area contributed by atoms with Crippen LogP contribution in [-0.2, 0) is 11.3 Å². The Balaban J connectivity index is 1.78. The zero-order chi connectivity index (χ0) is 19.6. The van der Waals surface area contributed by atoms with E-state index < -0.39 is 0 Å². The maximum absolute atomic E-state index is 12.3. The number of aromatic nitrogens is 3. The van der Waals surface area contributed by atoms with E-state index in [2.05, 4.69) is 15.5 Å². The number of pyridine rings is 1. The summed E-state index contributed by atoms with van der Waals surface area (Å²) in [6.07, 6.45) is 1.56. The fourth-order valence-electron chi connectivity index (χ4n) is 2.54. The first-order chi connectivity index (χ1) is 12.8. The van der Waals surface area contributed by atoms with Crippen molar-refractivity contribution in [3.63, 3.8) is 0 Å². The molecule has 0 spiro atoms. The van der Waals surface area contributed by atoms with Gasteiger partial charge in [-0.2, -0.15) is 4.98 Å². The number of carbonyl (C=O) groups excluding carboxylic acids is 1. The predicted octanol–water partition coefficient (Wildman–Crippen LogP) is 3.28. The van der Waals surface area contributed by atoms with E-state index >= 15 is 0 Å². The van der Waals surface area contributed by atoms with Gasteiger partial charge in [-0.25, -0.2) is 0 Å². The SMILES string of the molecule is Cc1ccc(NC(=O)Cn2cc(-c3nc(C(C)C)no3)ccc2=O)cc1C. The second kappa shape index (κ2) is 7.57. The number of carbonyl (C=O) groups is 1. The highest BCUT2D eigenvalue weighted by Gasteiger charge is 2.13. The van der Waals surface area contributed by atoms with Crippen LogP contribution >= 0.6 is 0 Å². The summed E-state index contributed by atoms with van der Waals surface area (Å²) in [6.45, 7) is 7.81. The monoisotopic (exact) mass is 366 g/mol. The van der Waals surface area contributed by atoms with Crippen LogP contribution < -0.4 is 10.9 Å². The summed E-state index contributed by atoms with van der Waals surface area (Å²) in [5.41, 5.74) is 3.25. The van der Waals surface area contributed by atoms with Gasteiger partial charge in [0.25, 0.3) is 11.4 Å². The Hall–Kier alpha value is -3.22. The molecule has 2 aromatic heterocycles. The van der Waals surface area contributed by atoms with Crippen molar-refractivity contribution in [3.8, 4) is 11.5 Å². The number of nitrogens with one attached hydrogen (secondary N) is 1. The van der Waals surface area contributed by atoms with Gasteiger partial charge in [0.1, 0.15) is 6.54 Å². The molecule has 0 saturated heterocycles. The lowest BCUT2D eigenvalue weighted by Crippen LogP contribution is -2.26. The van der Waals surface area contributed by atoms with Crippen LogP contribution in [0.25, 0.3) is 11.5 Å². The second-order valence-electron chi connectivity index (χ2n) is 6.84. The molecule has 1 amide bonds. The van der Waals surface area contributed by atoms with Gasteiger partial charge < -0.3 is 14.4 Å². The highest BCUT2D eigenvalue weighted by Crippen LogP contribution is 2.19. The highest BCUT2D eigenvalue weighted by atomic mass is 16.5. The first-order valence-corrected chi connectivity index (χ1v) is 8.75. The van der Waals surface area contributed by atoms with Gasteiger partial charge >= 0.3 is 0 Å². The van der Waals surface area contributed by atoms with Gasteiger partial charge in [0.15, 0.2) is 5.82 Å². The molecule has 0 aliphatic rings. The summed E-state index contributed by atoms with van der Waals surface area (Å²) in [5, 5.41) is 6.74. The van der Waals surface area contributed by atoms with Gasteiger partial charge in [0.05, 0.1) is 5.56 Å². The van der Waals surface area contributed by atoms with Crippen molar-refractivity contribution in [1.29, 1.82) is 0 Å². The van der Waals surface area contributed by atoms with Gasteiger partial charge in [0.2, 0.25) is 5.91 Å². The van der Waals surface area contributed by atoms with Gasteiger partial charge in [-0.3, -0.25) is 9.59 Å². The van der Waals surface area contributed by atoms with Crippen molar-refractivity contribution >= 4 is 11.6 Å². The smallest absolute Gasteiger partial charge is 0.259 e. The van der Waals surface area contributed by atoms with Crippen LogP contribution in [-0.4, -0.2) is 20.6 Å². The normalized spacial score (nSPS) is 11.0. The Labute approximate surface area is 157 Å². The summed E-state index contributed by atoms with van der Waals surface area (Å²) in [4.78, 5) is 28.8. The summed E-state index contributed by atoms with van der Waals surface area (Å²) < 4.78 is 6.58. The van der Waals surface area contributed by atoms with Crippen molar-refractivity contribution in [1.82, 2.24) is 14.7 Å². The molecule has 0 fully saturated rings. The Kier molecular flexibility index (Phi) is 5.21. The molecule has 7 nitrogen and oxygen atoms in total. The van der Waals surface area contributed by atoms with E-state index in [4.69, 9.17) is 4.52 Å². The topological polar surface area (TPSA) is 90.0 Å². The van der Waals surface area contributed by atoms with Crippen LogP contribution in [0.5, 0.6) is 0 Å². The predicted molar refractivity (Wildman–Crippen MR) is 103 cm³/mol. The van der Waals surface area contributed by atoms with Crippen LogP contribution in [0.3, 0.4) is 0 Å². The Morgan fingerprint density at radius 1 is 1.19 bits per heavy atom. The van der Waals surface area contributed by atoms with Crippen LogP contribution in [0.15, 0.2) is 45.8 Å². The number of benzene rings is 1. The van der Waals surface area contributed by atoms with E-state index in [0.29, 0.717) is 23.0 Å². The molecule has 3 rings (SSSR count). The third-order valence-electron chi connectivity index (χ3n) is 4.29.